The molecule has 0 aliphatic rings. The van der Waals surface area contributed by atoms with E-state index in [1.807, 2.05) is 20.8 Å². The summed E-state index contributed by atoms with van der Waals surface area (Å²) in [7, 11) is 1.57. The molecule has 2 aromatic rings. The van der Waals surface area contributed by atoms with Gasteiger partial charge in [-0.25, -0.2) is 4.39 Å². The Morgan fingerprint density at radius 1 is 1.03 bits per heavy atom. The average molecular weight is 416 g/mol. The number of hydrogen-bond donors (Lipinski definition) is 1. The molecule has 0 aromatic heterocycles. The summed E-state index contributed by atoms with van der Waals surface area (Å²) in [5, 5.41) is 2.86. The topological polar surface area (TPSA) is 67.9 Å². The highest BCUT2D eigenvalue weighted by Gasteiger charge is 2.29. The van der Waals surface area contributed by atoms with Crippen molar-refractivity contribution in [2.24, 2.45) is 0 Å². The molecule has 0 spiro atoms. The number of ether oxygens (including phenoxy) is 2. The van der Waals surface area contributed by atoms with E-state index in [0.717, 1.165) is 5.56 Å². The molecule has 0 bridgehead atoms. The Kier molecular flexibility index (Phi) is 8.65. The summed E-state index contributed by atoms with van der Waals surface area (Å²) in [6.45, 7) is 5.53. The first-order valence-electron chi connectivity index (χ1n) is 9.95. The van der Waals surface area contributed by atoms with E-state index < -0.39 is 6.04 Å². The summed E-state index contributed by atoms with van der Waals surface area (Å²) in [6, 6.07) is 12.1. The lowest BCUT2D eigenvalue weighted by atomic mass is 10.1. The Bertz CT molecular complexity index is 822. The first-order valence-corrected chi connectivity index (χ1v) is 9.95. The molecule has 0 saturated heterocycles. The zero-order valence-electron chi connectivity index (χ0n) is 17.9. The van der Waals surface area contributed by atoms with Crippen LogP contribution >= 0.6 is 0 Å². The Morgan fingerprint density at radius 3 is 2.17 bits per heavy atom. The van der Waals surface area contributed by atoms with Gasteiger partial charge in [0, 0.05) is 12.6 Å². The predicted molar refractivity (Wildman–Crippen MR) is 113 cm³/mol. The molecular weight excluding hydrogens is 387 g/mol. The van der Waals surface area contributed by atoms with E-state index in [1.165, 1.54) is 17.0 Å². The van der Waals surface area contributed by atoms with Gasteiger partial charge in [-0.05, 0) is 62.2 Å². The minimum atomic E-state index is -0.663. The highest BCUT2D eigenvalue weighted by molar-refractivity contribution is 5.88. The van der Waals surface area contributed by atoms with Gasteiger partial charge in [-0.1, -0.05) is 19.1 Å². The van der Waals surface area contributed by atoms with Crippen LogP contribution in [0.5, 0.6) is 11.5 Å². The number of nitrogens with zero attached hydrogens (tertiary/aromatic N) is 1. The number of methoxy groups -OCH3 is 1. The van der Waals surface area contributed by atoms with E-state index >= 15 is 0 Å². The molecule has 6 nitrogen and oxygen atoms in total. The third-order valence-electron chi connectivity index (χ3n) is 4.50. The van der Waals surface area contributed by atoms with Gasteiger partial charge in [-0.15, -0.1) is 0 Å². The zero-order chi connectivity index (χ0) is 22.1. The summed E-state index contributed by atoms with van der Waals surface area (Å²) in [4.78, 5) is 27.2. The molecular formula is C23H29FN2O4. The summed E-state index contributed by atoms with van der Waals surface area (Å²) < 4.78 is 24.0. The van der Waals surface area contributed by atoms with Gasteiger partial charge in [0.15, 0.2) is 6.61 Å². The molecule has 0 radical (unpaired) electrons. The second-order valence-corrected chi connectivity index (χ2v) is 7.20. The third kappa shape index (κ3) is 6.76. The molecule has 2 amide bonds. The predicted octanol–water partition coefficient (Wildman–Crippen LogP) is 3.55. The van der Waals surface area contributed by atoms with Crippen LogP contribution in [0.15, 0.2) is 48.5 Å². The maximum absolute atomic E-state index is 13.3. The number of carbonyl (C=O) groups is 2. The number of hydrogen-bond acceptors (Lipinski definition) is 4. The summed E-state index contributed by atoms with van der Waals surface area (Å²) in [5.41, 5.74) is 0.727. The Morgan fingerprint density at radius 2 is 1.63 bits per heavy atom. The van der Waals surface area contributed by atoms with E-state index in [4.69, 9.17) is 9.47 Å². The molecule has 0 saturated carbocycles. The number of carbonyl (C=O) groups excluding carboxylic acids is 2. The molecule has 7 heteroatoms. The Hall–Kier alpha value is -3.09. The van der Waals surface area contributed by atoms with E-state index in [9.17, 15) is 14.0 Å². The summed E-state index contributed by atoms with van der Waals surface area (Å²) in [6.07, 6.45) is 0.439. The molecule has 1 N–H and O–H groups in total. The second-order valence-electron chi connectivity index (χ2n) is 7.20. The van der Waals surface area contributed by atoms with Gasteiger partial charge in [0.2, 0.25) is 5.91 Å². The monoisotopic (exact) mass is 416 g/mol. The van der Waals surface area contributed by atoms with E-state index in [2.05, 4.69) is 5.32 Å². The number of amides is 2. The van der Waals surface area contributed by atoms with Crippen LogP contribution < -0.4 is 14.8 Å². The van der Waals surface area contributed by atoms with Crippen LogP contribution in [0.3, 0.4) is 0 Å². The van der Waals surface area contributed by atoms with Crippen LogP contribution in [0, 0.1) is 5.82 Å². The molecule has 2 aromatic carbocycles. The normalized spacial score (nSPS) is 11.7. The maximum atomic E-state index is 13.3. The molecule has 30 heavy (non-hydrogen) atoms. The highest BCUT2D eigenvalue weighted by atomic mass is 19.1. The molecule has 0 aliphatic heterocycles. The van der Waals surface area contributed by atoms with Gasteiger partial charge < -0.3 is 19.7 Å². The molecule has 162 valence electrons. The van der Waals surface area contributed by atoms with Crippen molar-refractivity contribution >= 4 is 11.8 Å². The summed E-state index contributed by atoms with van der Waals surface area (Å²) >= 11 is 0. The number of benzene rings is 2. The van der Waals surface area contributed by atoms with E-state index in [-0.39, 0.29) is 36.8 Å². The largest absolute Gasteiger partial charge is 0.497 e. The van der Waals surface area contributed by atoms with Crippen LogP contribution in [0.4, 0.5) is 4.39 Å². The van der Waals surface area contributed by atoms with Gasteiger partial charge in [0.05, 0.1) is 7.11 Å². The Balaban J connectivity index is 2.17. The smallest absolute Gasteiger partial charge is 0.261 e. The minimum absolute atomic E-state index is 0.0510. The standard InChI is InChI=1S/C23H29FN2O4/c1-5-21(23(28)25-16(2)3)26(14-17-6-8-18(24)9-7-17)22(27)15-30-20-12-10-19(29-4)11-13-20/h6-13,16,21H,5,14-15H2,1-4H3,(H,25,28)/t21-/m1/s1. The maximum Gasteiger partial charge on any atom is 0.261 e. The third-order valence-corrected chi connectivity index (χ3v) is 4.50. The lowest BCUT2D eigenvalue weighted by Crippen LogP contribution is -2.51. The minimum Gasteiger partial charge on any atom is -0.497 e. The van der Waals surface area contributed by atoms with Gasteiger partial charge in [0.25, 0.3) is 5.91 Å². The van der Waals surface area contributed by atoms with Crippen LogP contribution in [0.2, 0.25) is 0 Å². The van der Waals surface area contributed by atoms with Crippen LogP contribution in [-0.4, -0.2) is 42.5 Å². The van der Waals surface area contributed by atoms with Crippen LogP contribution in [-0.2, 0) is 16.1 Å². The SMILES string of the molecule is CC[C@H](C(=O)NC(C)C)N(Cc1ccc(F)cc1)C(=O)COc1ccc(OC)cc1. The van der Waals surface area contributed by atoms with Crippen molar-refractivity contribution in [3.63, 3.8) is 0 Å². The molecule has 0 unspecified atom stereocenters. The molecule has 2 rings (SSSR count). The molecule has 0 heterocycles. The van der Waals surface area contributed by atoms with Crippen molar-refractivity contribution in [2.75, 3.05) is 13.7 Å². The Labute approximate surface area is 177 Å². The van der Waals surface area contributed by atoms with Gasteiger partial charge in [-0.3, -0.25) is 9.59 Å². The lowest BCUT2D eigenvalue weighted by Gasteiger charge is -2.31. The molecule has 0 aliphatic carbocycles. The lowest BCUT2D eigenvalue weighted by molar-refractivity contribution is -0.143. The highest BCUT2D eigenvalue weighted by Crippen LogP contribution is 2.18. The second kappa shape index (κ2) is 11.2. The first-order chi connectivity index (χ1) is 14.3. The van der Waals surface area contributed by atoms with Crippen molar-refractivity contribution in [1.82, 2.24) is 10.2 Å². The molecule has 1 atom stereocenters. The molecule has 0 fully saturated rings. The quantitative estimate of drug-likeness (QED) is 0.643. The van der Waals surface area contributed by atoms with Crippen LogP contribution in [0.1, 0.15) is 32.8 Å². The van der Waals surface area contributed by atoms with Crippen molar-refractivity contribution in [3.05, 3.63) is 59.9 Å². The van der Waals surface area contributed by atoms with Crippen molar-refractivity contribution < 1.29 is 23.5 Å². The van der Waals surface area contributed by atoms with Gasteiger partial charge >= 0.3 is 0 Å². The van der Waals surface area contributed by atoms with E-state index in [0.29, 0.717) is 17.9 Å². The fourth-order valence-electron chi connectivity index (χ4n) is 2.99. The summed E-state index contributed by atoms with van der Waals surface area (Å²) in [5.74, 6) is 0.283. The zero-order valence-corrected chi connectivity index (χ0v) is 17.9. The fourth-order valence-corrected chi connectivity index (χ4v) is 2.99. The van der Waals surface area contributed by atoms with Gasteiger partial charge in [0.1, 0.15) is 23.4 Å². The van der Waals surface area contributed by atoms with Crippen LogP contribution in [0.25, 0.3) is 0 Å². The van der Waals surface area contributed by atoms with E-state index in [1.54, 1.807) is 43.5 Å². The number of nitrogens with one attached hydrogen (secondary N) is 1. The van der Waals surface area contributed by atoms with Crippen molar-refractivity contribution in [3.8, 4) is 11.5 Å². The number of rotatable bonds is 10. The average Bonchev–Trinajstić information content (AvgIpc) is 2.73. The van der Waals surface area contributed by atoms with Crippen molar-refractivity contribution in [1.29, 1.82) is 0 Å². The number of halogens is 1. The fraction of sp³-hybridized carbons (Fsp3) is 0.391. The first kappa shape index (κ1) is 23.2. The van der Waals surface area contributed by atoms with Crippen molar-refractivity contribution in [2.45, 2.75) is 45.8 Å². The van der Waals surface area contributed by atoms with Gasteiger partial charge in [-0.2, -0.15) is 0 Å².